The van der Waals surface area contributed by atoms with E-state index in [0.29, 0.717) is 47.1 Å². The van der Waals surface area contributed by atoms with E-state index in [1.807, 2.05) is 39.0 Å². The Balaban J connectivity index is 1.32. The minimum Gasteiger partial charge on any atom is -0.515 e. The Morgan fingerprint density at radius 1 is 0.900 bits per heavy atom. The molecule has 2 aliphatic heterocycles. The van der Waals surface area contributed by atoms with E-state index in [4.69, 9.17) is 9.47 Å². The summed E-state index contributed by atoms with van der Waals surface area (Å²) in [6.07, 6.45) is 18.7. The first-order chi connectivity index (χ1) is 28.7. The number of hydrogen-bond donors (Lipinski definition) is 5. The summed E-state index contributed by atoms with van der Waals surface area (Å²) < 4.78 is 11.1. The van der Waals surface area contributed by atoms with E-state index in [2.05, 4.69) is 67.5 Å². The highest BCUT2D eigenvalue weighted by Crippen LogP contribution is 2.42. The van der Waals surface area contributed by atoms with Crippen LogP contribution in [0.15, 0.2) is 12.3 Å². The number of methoxy groups -OCH3 is 1. The molecule has 0 spiro atoms. The molecule has 10 nitrogen and oxygen atoms in total. The Morgan fingerprint density at radius 3 is 2.23 bits per heavy atom. The molecule has 5 heterocycles. The standard InChI is InChI=1S/C50H68N4O6/c1-11-33-30(7)37-23-38-31(8)35(19-20-43(56)60-22-21-29(6)18-14-17-28(5)16-13-15-27(3)4)47(53-38)45-46(50(58)59-10)49(57)44-32(9)39(54-48(44)45)24-41-34(12-2)36(26-55)42(52-41)25-40(33)51-37/h11,23-29,31,35,46-47,51-55H,1,12-22H2,2-10H3/b36-26-,38-23-,39-24-,42-25-/t28-,29?,31-,35-,46+,47?/m0/s1. The average molecular weight is 821 g/mol. The van der Waals surface area contributed by atoms with Crippen LogP contribution in [0.2, 0.25) is 0 Å². The van der Waals surface area contributed by atoms with Gasteiger partial charge in [0.15, 0.2) is 5.78 Å². The lowest BCUT2D eigenvalue weighted by Crippen LogP contribution is -2.38. The number of aliphatic hydroxyl groups excluding tert-OH is 1. The maximum Gasteiger partial charge on any atom is 0.320 e. The number of carbonyl (C=O) groups is 3. The second-order valence-electron chi connectivity index (χ2n) is 18.2. The Bertz CT molecular complexity index is 2390. The smallest absolute Gasteiger partial charge is 0.320 e. The number of H-pyrrole nitrogens is 3. The van der Waals surface area contributed by atoms with Crippen molar-refractivity contribution in [3.63, 3.8) is 0 Å². The Labute approximate surface area is 355 Å². The summed E-state index contributed by atoms with van der Waals surface area (Å²) in [4.78, 5) is 52.1. The molecule has 3 aromatic heterocycles. The second-order valence-corrected chi connectivity index (χ2v) is 18.2. The van der Waals surface area contributed by atoms with Crippen molar-refractivity contribution in [1.82, 2.24) is 20.3 Å². The molecule has 3 aliphatic rings. The van der Waals surface area contributed by atoms with Gasteiger partial charge in [-0.25, -0.2) is 0 Å². The van der Waals surface area contributed by atoms with Crippen molar-refractivity contribution < 1.29 is 29.0 Å². The molecule has 0 aromatic carbocycles. The third kappa shape index (κ3) is 9.03. The van der Waals surface area contributed by atoms with Gasteiger partial charge in [-0.1, -0.05) is 92.7 Å². The monoisotopic (exact) mass is 821 g/mol. The number of rotatable bonds is 17. The van der Waals surface area contributed by atoms with Gasteiger partial charge in [-0.3, -0.25) is 14.4 Å². The number of hydrogen-bond acceptors (Lipinski definition) is 7. The third-order valence-electron chi connectivity index (χ3n) is 13.6. The van der Waals surface area contributed by atoms with Crippen molar-refractivity contribution in [2.45, 2.75) is 126 Å². The Hall–Kier alpha value is -4.99. The molecular weight excluding hydrogens is 753 g/mol. The first-order valence-corrected chi connectivity index (χ1v) is 22.3. The molecule has 1 aliphatic carbocycles. The van der Waals surface area contributed by atoms with Gasteiger partial charge < -0.3 is 34.8 Å². The molecule has 1 fully saturated rings. The van der Waals surface area contributed by atoms with Crippen LogP contribution in [-0.2, 0) is 25.5 Å². The summed E-state index contributed by atoms with van der Waals surface area (Å²) in [5.41, 5.74) is 8.13. The number of aromatic nitrogens is 3. The molecule has 0 amide bonds. The summed E-state index contributed by atoms with van der Waals surface area (Å²) in [6.45, 7) is 21.8. The quantitative estimate of drug-likeness (QED) is 0.0718. The lowest BCUT2D eigenvalue weighted by molar-refractivity contribution is -0.144. The SMILES string of the molecule is C=Cc1c2[nH]c(c1C)/C=C1\NC(C3=c4[nH]/c(c(C)c4C(=O)[C@@H]3C(=O)OC)=C\c3[nH]c(/c(=C\O)c3CC)=C\2)[C@@H](CCC(=O)OCCC(C)CCC[C@@H](C)CCCC(C)C)[C@@H]1C. The minimum atomic E-state index is -1.13. The first kappa shape index (κ1) is 44.6. The number of allylic oxidation sites excluding steroid dienone is 1. The number of carbonyl (C=O) groups excluding carboxylic acids is 3. The summed E-state index contributed by atoms with van der Waals surface area (Å²) >= 11 is 0. The third-order valence-corrected chi connectivity index (χ3v) is 13.6. The summed E-state index contributed by atoms with van der Waals surface area (Å²) in [5.74, 6) is -0.523. The maximum atomic E-state index is 14.4. The lowest BCUT2D eigenvalue weighted by atomic mass is 9.80. The molecule has 3 aromatic rings. The van der Waals surface area contributed by atoms with Crippen molar-refractivity contribution in [2.24, 2.45) is 35.5 Å². The molecule has 6 rings (SSSR count). The summed E-state index contributed by atoms with van der Waals surface area (Å²) in [7, 11) is 1.31. The number of aliphatic hydroxyl groups is 1. The fourth-order valence-electron chi connectivity index (χ4n) is 9.92. The van der Waals surface area contributed by atoms with Crippen molar-refractivity contribution in [3.8, 4) is 0 Å². The van der Waals surface area contributed by atoms with Gasteiger partial charge in [-0.15, -0.1) is 0 Å². The predicted molar refractivity (Wildman–Crippen MR) is 241 cm³/mol. The zero-order valence-corrected chi connectivity index (χ0v) is 37.4. The molecule has 0 radical (unpaired) electrons. The fraction of sp³-hybridized carbons (Fsp3) is 0.540. The summed E-state index contributed by atoms with van der Waals surface area (Å²) in [6, 6.07) is -0.459. The number of esters is 2. The van der Waals surface area contributed by atoms with Gasteiger partial charge in [0, 0.05) is 56.8 Å². The van der Waals surface area contributed by atoms with Crippen LogP contribution < -0.4 is 26.6 Å². The molecule has 2 unspecified atom stereocenters. The van der Waals surface area contributed by atoms with Gasteiger partial charge in [0.2, 0.25) is 0 Å². The number of fused-ring (bicyclic) bond motifs is 8. The van der Waals surface area contributed by atoms with Gasteiger partial charge in [-0.05, 0) is 97.3 Å². The van der Waals surface area contributed by atoms with Gasteiger partial charge in [-0.2, -0.15) is 0 Å². The molecule has 324 valence electrons. The topological polar surface area (TPSA) is 149 Å². The molecule has 60 heavy (non-hydrogen) atoms. The van der Waals surface area contributed by atoms with Crippen LogP contribution in [0.3, 0.4) is 0 Å². The minimum absolute atomic E-state index is 0.0751. The van der Waals surface area contributed by atoms with Gasteiger partial charge in [0.25, 0.3) is 0 Å². The van der Waals surface area contributed by atoms with Crippen LogP contribution in [0.1, 0.15) is 149 Å². The first-order valence-electron chi connectivity index (χ1n) is 22.3. The maximum absolute atomic E-state index is 14.4. The van der Waals surface area contributed by atoms with E-state index in [1.165, 1.54) is 39.2 Å². The van der Waals surface area contributed by atoms with E-state index in [0.717, 1.165) is 86.7 Å². The van der Waals surface area contributed by atoms with Gasteiger partial charge in [0.1, 0.15) is 5.92 Å². The highest BCUT2D eigenvalue weighted by atomic mass is 16.5. The number of aromatic amines is 3. The fourth-order valence-corrected chi connectivity index (χ4v) is 9.92. The molecule has 5 N–H and O–H groups in total. The van der Waals surface area contributed by atoms with Crippen molar-refractivity contribution >= 4 is 53.9 Å². The van der Waals surface area contributed by atoms with Crippen molar-refractivity contribution in [1.29, 1.82) is 0 Å². The highest BCUT2D eigenvalue weighted by Gasteiger charge is 2.49. The van der Waals surface area contributed by atoms with E-state index >= 15 is 0 Å². The number of ketones is 1. The lowest BCUT2D eigenvalue weighted by Gasteiger charge is -2.25. The molecule has 8 bridgehead atoms. The second kappa shape index (κ2) is 19.2. The molecular formula is C50H68N4O6. The normalized spacial score (nSPS) is 22.7. The van der Waals surface area contributed by atoms with E-state index in [-0.39, 0.29) is 30.0 Å². The Morgan fingerprint density at radius 2 is 1.58 bits per heavy atom. The summed E-state index contributed by atoms with van der Waals surface area (Å²) in [5, 5.41) is 17.0. The highest BCUT2D eigenvalue weighted by molar-refractivity contribution is 6.19. The zero-order chi connectivity index (χ0) is 43.4. The zero-order valence-electron chi connectivity index (χ0n) is 37.4. The van der Waals surface area contributed by atoms with Crippen LogP contribution in [-0.4, -0.2) is 57.5 Å². The number of Topliss-reactive ketones (excluding diaryl/α,β-unsaturated/α-hetero) is 1. The average Bonchev–Trinajstić information content (AvgIpc) is 3.96. The van der Waals surface area contributed by atoms with Crippen molar-refractivity contribution in [2.75, 3.05) is 13.7 Å². The number of ether oxygens (including phenoxy) is 2. The Kier molecular flexibility index (Phi) is 14.2. The van der Waals surface area contributed by atoms with E-state index in [1.54, 1.807) is 0 Å². The van der Waals surface area contributed by atoms with Gasteiger partial charge >= 0.3 is 11.9 Å². The predicted octanol–water partition coefficient (Wildman–Crippen LogP) is 7.14. The van der Waals surface area contributed by atoms with Crippen LogP contribution >= 0.6 is 0 Å². The molecule has 0 saturated carbocycles. The van der Waals surface area contributed by atoms with Crippen LogP contribution in [0.25, 0.3) is 36.1 Å². The number of nitrogens with one attached hydrogen (secondary N) is 4. The van der Waals surface area contributed by atoms with E-state index in [9.17, 15) is 19.5 Å². The van der Waals surface area contributed by atoms with Crippen LogP contribution in [0.5, 0.6) is 0 Å². The molecule has 1 saturated heterocycles. The molecule has 6 atom stereocenters. The van der Waals surface area contributed by atoms with Crippen LogP contribution in [0, 0.1) is 49.4 Å². The molecule has 10 heteroatoms. The van der Waals surface area contributed by atoms with Crippen LogP contribution in [0.4, 0.5) is 0 Å². The van der Waals surface area contributed by atoms with Crippen molar-refractivity contribution in [3.05, 3.63) is 78.4 Å². The van der Waals surface area contributed by atoms with E-state index < -0.39 is 17.9 Å². The largest absolute Gasteiger partial charge is 0.515 e. The van der Waals surface area contributed by atoms with Gasteiger partial charge in [0.05, 0.1) is 36.7 Å².